The lowest BCUT2D eigenvalue weighted by atomic mass is 9.78. The van der Waals surface area contributed by atoms with Gasteiger partial charge in [-0.3, -0.25) is 4.79 Å². The van der Waals surface area contributed by atoms with Crippen molar-refractivity contribution in [1.29, 1.82) is 0 Å². The molecule has 106 valence electrons. The Morgan fingerprint density at radius 1 is 1.33 bits per heavy atom. The Morgan fingerprint density at radius 2 is 1.94 bits per heavy atom. The Balaban J connectivity index is 2.56. The van der Waals surface area contributed by atoms with Gasteiger partial charge in [-0.15, -0.1) is 0 Å². The fourth-order valence-electron chi connectivity index (χ4n) is 2.41. The van der Waals surface area contributed by atoms with Crippen LogP contribution in [-0.2, 0) is 14.3 Å². The summed E-state index contributed by atoms with van der Waals surface area (Å²) in [6.45, 7) is 7.43. The van der Waals surface area contributed by atoms with Crippen LogP contribution in [0.25, 0.3) is 0 Å². The number of methoxy groups -OCH3 is 1. The summed E-state index contributed by atoms with van der Waals surface area (Å²) < 4.78 is 24.0. The van der Waals surface area contributed by atoms with Crippen LogP contribution in [0.4, 0.5) is 4.39 Å². The highest BCUT2D eigenvalue weighted by molar-refractivity contribution is 5.72. The quantitative estimate of drug-likeness (QED) is 0.731. The maximum absolute atomic E-state index is 13.5. The molecule has 18 heavy (non-hydrogen) atoms. The topological polar surface area (TPSA) is 35.5 Å². The minimum absolute atomic E-state index is 0.150. The van der Waals surface area contributed by atoms with Crippen LogP contribution in [0.2, 0.25) is 0 Å². The van der Waals surface area contributed by atoms with E-state index in [-0.39, 0.29) is 23.9 Å². The number of hydrogen-bond acceptors (Lipinski definition) is 3. The van der Waals surface area contributed by atoms with E-state index < -0.39 is 11.8 Å². The van der Waals surface area contributed by atoms with Gasteiger partial charge in [-0.25, -0.2) is 4.39 Å². The van der Waals surface area contributed by atoms with E-state index in [0.717, 1.165) is 6.42 Å². The van der Waals surface area contributed by atoms with Gasteiger partial charge in [0.25, 0.3) is 0 Å². The van der Waals surface area contributed by atoms with Gasteiger partial charge in [-0.2, -0.15) is 0 Å². The highest BCUT2D eigenvalue weighted by Crippen LogP contribution is 2.34. The molecule has 0 aliphatic heterocycles. The molecule has 4 atom stereocenters. The van der Waals surface area contributed by atoms with Gasteiger partial charge < -0.3 is 9.47 Å². The zero-order chi connectivity index (χ0) is 13.9. The molecule has 0 amide bonds. The number of halogens is 1. The minimum atomic E-state index is -0.905. The van der Waals surface area contributed by atoms with Crippen molar-refractivity contribution in [2.75, 3.05) is 7.11 Å². The van der Waals surface area contributed by atoms with Crippen molar-refractivity contribution in [3.05, 3.63) is 0 Å². The normalized spacial score (nSPS) is 30.9. The molecule has 0 spiro atoms. The van der Waals surface area contributed by atoms with Crippen LogP contribution in [0.15, 0.2) is 0 Å². The monoisotopic (exact) mass is 260 g/mol. The van der Waals surface area contributed by atoms with Crippen LogP contribution in [0.1, 0.15) is 47.0 Å². The van der Waals surface area contributed by atoms with Crippen molar-refractivity contribution < 1.29 is 18.7 Å². The standard InChI is InChI=1S/C14H25FO3/c1-9(13(16)18-14(2,3)4)10-6-7-11(15)12(8-10)17-5/h9-12H,6-8H2,1-5H3/t9?,10?,11-,12+/m0/s1. The van der Waals surface area contributed by atoms with Crippen LogP contribution >= 0.6 is 0 Å². The molecule has 1 aliphatic rings. The van der Waals surface area contributed by atoms with Crippen LogP contribution < -0.4 is 0 Å². The van der Waals surface area contributed by atoms with Crippen LogP contribution in [0.5, 0.6) is 0 Å². The number of carbonyl (C=O) groups excluding carboxylic acids is 1. The van der Waals surface area contributed by atoms with E-state index >= 15 is 0 Å². The number of alkyl halides is 1. The zero-order valence-corrected chi connectivity index (χ0v) is 12.0. The number of ether oxygens (including phenoxy) is 2. The molecule has 4 heteroatoms. The molecule has 0 saturated heterocycles. The molecular formula is C14H25FO3. The Labute approximate surface area is 109 Å². The van der Waals surface area contributed by atoms with Crippen LogP contribution in [0, 0.1) is 11.8 Å². The first-order valence-corrected chi connectivity index (χ1v) is 6.64. The maximum Gasteiger partial charge on any atom is 0.309 e. The highest BCUT2D eigenvalue weighted by Gasteiger charge is 2.36. The van der Waals surface area contributed by atoms with Crippen molar-refractivity contribution in [2.45, 2.75) is 64.8 Å². The summed E-state index contributed by atoms with van der Waals surface area (Å²) in [4.78, 5) is 12.0. The molecule has 0 N–H and O–H groups in total. The van der Waals surface area contributed by atoms with Crippen molar-refractivity contribution >= 4 is 5.97 Å². The van der Waals surface area contributed by atoms with E-state index in [0.29, 0.717) is 12.8 Å². The third-order valence-corrected chi connectivity index (χ3v) is 3.54. The van der Waals surface area contributed by atoms with E-state index in [1.54, 1.807) is 0 Å². The summed E-state index contributed by atoms with van der Waals surface area (Å²) in [5.41, 5.74) is -0.469. The molecule has 0 bridgehead atoms. The first-order chi connectivity index (χ1) is 8.24. The number of rotatable bonds is 3. The van der Waals surface area contributed by atoms with Gasteiger partial charge in [0.1, 0.15) is 11.8 Å². The SMILES string of the molecule is CO[C@@H]1CC(C(C)C(=O)OC(C)(C)C)CC[C@@H]1F. The lowest BCUT2D eigenvalue weighted by Gasteiger charge is -2.34. The molecule has 3 nitrogen and oxygen atoms in total. The second-order valence-electron chi connectivity index (χ2n) is 6.19. The first kappa shape index (κ1) is 15.4. The zero-order valence-electron chi connectivity index (χ0n) is 12.0. The van der Waals surface area contributed by atoms with Gasteiger partial charge in [0.2, 0.25) is 0 Å². The van der Waals surface area contributed by atoms with Crippen molar-refractivity contribution in [3.8, 4) is 0 Å². The minimum Gasteiger partial charge on any atom is -0.460 e. The fraction of sp³-hybridized carbons (Fsp3) is 0.929. The number of carbonyl (C=O) groups is 1. The molecule has 1 saturated carbocycles. The largest absolute Gasteiger partial charge is 0.460 e. The van der Waals surface area contributed by atoms with E-state index in [4.69, 9.17) is 9.47 Å². The Hall–Kier alpha value is -0.640. The maximum atomic E-state index is 13.5. The van der Waals surface area contributed by atoms with Gasteiger partial charge in [0.15, 0.2) is 0 Å². The lowest BCUT2D eigenvalue weighted by molar-refractivity contribution is -0.162. The molecule has 0 aromatic carbocycles. The van der Waals surface area contributed by atoms with E-state index in [9.17, 15) is 9.18 Å². The molecular weight excluding hydrogens is 235 g/mol. The number of hydrogen-bond donors (Lipinski definition) is 0. The summed E-state index contributed by atoms with van der Waals surface area (Å²) in [6, 6.07) is 0. The summed E-state index contributed by atoms with van der Waals surface area (Å²) in [7, 11) is 1.53. The van der Waals surface area contributed by atoms with Gasteiger partial charge in [0, 0.05) is 7.11 Å². The summed E-state index contributed by atoms with van der Waals surface area (Å²) in [6.07, 6.45) is 0.501. The van der Waals surface area contributed by atoms with E-state index in [1.807, 2.05) is 27.7 Å². The van der Waals surface area contributed by atoms with Gasteiger partial charge in [0.05, 0.1) is 12.0 Å². The number of esters is 1. The van der Waals surface area contributed by atoms with Crippen LogP contribution in [0.3, 0.4) is 0 Å². The summed E-state index contributed by atoms with van der Waals surface area (Å²) in [5.74, 6) is -0.245. The predicted octanol–water partition coefficient (Wildman–Crippen LogP) is 3.12. The van der Waals surface area contributed by atoms with Gasteiger partial charge in [-0.05, 0) is 46.0 Å². The molecule has 0 heterocycles. The fourth-order valence-corrected chi connectivity index (χ4v) is 2.41. The second kappa shape index (κ2) is 6.00. The summed E-state index contributed by atoms with van der Waals surface area (Å²) in [5, 5.41) is 0. The Morgan fingerprint density at radius 3 is 2.44 bits per heavy atom. The van der Waals surface area contributed by atoms with Gasteiger partial charge >= 0.3 is 5.97 Å². The van der Waals surface area contributed by atoms with Crippen LogP contribution in [-0.4, -0.2) is 31.0 Å². The third-order valence-electron chi connectivity index (χ3n) is 3.54. The van der Waals surface area contributed by atoms with Crippen molar-refractivity contribution in [1.82, 2.24) is 0 Å². The molecule has 0 aromatic heterocycles. The predicted molar refractivity (Wildman–Crippen MR) is 68.0 cm³/mol. The van der Waals surface area contributed by atoms with E-state index in [1.165, 1.54) is 7.11 Å². The Kier molecular flexibility index (Phi) is 5.14. The molecule has 1 aliphatic carbocycles. The lowest BCUT2D eigenvalue weighted by Crippen LogP contribution is -2.38. The first-order valence-electron chi connectivity index (χ1n) is 6.64. The van der Waals surface area contributed by atoms with E-state index in [2.05, 4.69) is 0 Å². The summed E-state index contributed by atoms with van der Waals surface area (Å²) >= 11 is 0. The average molecular weight is 260 g/mol. The third kappa shape index (κ3) is 4.23. The average Bonchev–Trinajstić information content (AvgIpc) is 2.26. The molecule has 0 aromatic rings. The van der Waals surface area contributed by atoms with Crippen molar-refractivity contribution in [3.63, 3.8) is 0 Å². The second-order valence-corrected chi connectivity index (χ2v) is 6.19. The molecule has 1 rings (SSSR count). The smallest absolute Gasteiger partial charge is 0.309 e. The van der Waals surface area contributed by atoms with Crippen molar-refractivity contribution in [2.24, 2.45) is 11.8 Å². The molecule has 2 unspecified atom stereocenters. The highest BCUT2D eigenvalue weighted by atomic mass is 19.1. The molecule has 1 fully saturated rings. The Bertz CT molecular complexity index is 285. The van der Waals surface area contributed by atoms with Gasteiger partial charge in [-0.1, -0.05) is 6.92 Å². The molecule has 0 radical (unpaired) electrons.